The quantitative estimate of drug-likeness (QED) is 0.877. The maximum absolute atomic E-state index is 13.4. The van der Waals surface area contributed by atoms with Crippen molar-refractivity contribution in [1.29, 1.82) is 0 Å². The molecule has 1 aromatic heterocycles. The Balaban J connectivity index is 2.03. The fourth-order valence-electron chi connectivity index (χ4n) is 3.01. The number of alkyl halides is 2. The summed E-state index contributed by atoms with van der Waals surface area (Å²) in [5.41, 5.74) is 7.31. The first kappa shape index (κ1) is 12.5. The van der Waals surface area contributed by atoms with Gasteiger partial charge in [-0.25, -0.2) is 8.78 Å². The molecule has 1 saturated carbocycles. The summed E-state index contributed by atoms with van der Waals surface area (Å²) in [4.78, 5) is 0. The summed E-state index contributed by atoms with van der Waals surface area (Å²) in [6.45, 7) is 0.370. The first-order chi connectivity index (χ1) is 9.06. The van der Waals surface area contributed by atoms with Gasteiger partial charge < -0.3 is 5.73 Å². The van der Waals surface area contributed by atoms with Crippen LogP contribution in [0.15, 0.2) is 24.3 Å². The average Bonchev–Trinajstić information content (AvgIpc) is 2.84. The van der Waals surface area contributed by atoms with E-state index in [9.17, 15) is 8.78 Å². The van der Waals surface area contributed by atoms with Gasteiger partial charge in [-0.1, -0.05) is 18.2 Å². The summed E-state index contributed by atoms with van der Waals surface area (Å²) in [5, 5.41) is 8.28. The van der Waals surface area contributed by atoms with Crippen molar-refractivity contribution in [3.05, 3.63) is 30.0 Å². The predicted molar refractivity (Wildman–Crippen MR) is 70.2 cm³/mol. The van der Waals surface area contributed by atoms with Crippen LogP contribution in [0.25, 0.3) is 10.9 Å². The van der Waals surface area contributed by atoms with Gasteiger partial charge in [0.25, 0.3) is 0 Å². The molecule has 3 rings (SSSR count). The topological polar surface area (TPSA) is 54.7 Å². The Kier molecular flexibility index (Phi) is 2.82. The predicted octanol–water partition coefficient (Wildman–Crippen LogP) is 2.97. The van der Waals surface area contributed by atoms with Gasteiger partial charge in [-0.2, -0.15) is 5.10 Å². The fraction of sp³-hybridized carbons (Fsp3) is 0.500. The number of halogens is 2. The van der Waals surface area contributed by atoms with Gasteiger partial charge in [-0.3, -0.25) is 5.10 Å². The van der Waals surface area contributed by atoms with E-state index in [0.29, 0.717) is 19.4 Å². The van der Waals surface area contributed by atoms with Gasteiger partial charge >= 0.3 is 0 Å². The smallest absolute Gasteiger partial charge is 0.248 e. The first-order valence-corrected chi connectivity index (χ1v) is 6.58. The Labute approximate surface area is 110 Å². The highest BCUT2D eigenvalue weighted by molar-refractivity contribution is 5.82. The molecule has 1 aliphatic carbocycles. The normalized spacial score (nSPS) is 21.6. The molecular weight excluding hydrogens is 248 g/mol. The van der Waals surface area contributed by atoms with Crippen molar-refractivity contribution >= 4 is 10.9 Å². The summed E-state index contributed by atoms with van der Waals surface area (Å²) in [6.07, 6.45) is 0.612. The first-order valence-electron chi connectivity index (χ1n) is 6.58. The Morgan fingerprint density at radius 2 is 1.84 bits per heavy atom. The molecule has 1 aromatic carbocycles. The number of benzene rings is 1. The molecule has 0 bridgehead atoms. The van der Waals surface area contributed by atoms with E-state index in [4.69, 9.17) is 5.73 Å². The number of nitrogens with two attached hydrogens (primary N) is 1. The van der Waals surface area contributed by atoms with Crippen LogP contribution >= 0.6 is 0 Å². The maximum Gasteiger partial charge on any atom is 0.248 e. The van der Waals surface area contributed by atoms with Crippen LogP contribution in [0.2, 0.25) is 0 Å². The van der Waals surface area contributed by atoms with Crippen molar-refractivity contribution in [2.24, 2.45) is 5.73 Å². The number of aromatic nitrogens is 2. The zero-order valence-electron chi connectivity index (χ0n) is 10.6. The summed E-state index contributed by atoms with van der Waals surface area (Å²) < 4.78 is 26.7. The van der Waals surface area contributed by atoms with Crippen LogP contribution in [-0.4, -0.2) is 22.7 Å². The summed E-state index contributed by atoms with van der Waals surface area (Å²) >= 11 is 0. The molecule has 2 aromatic rings. The third kappa shape index (κ3) is 2.02. The lowest BCUT2D eigenvalue weighted by Crippen LogP contribution is -2.42. The monoisotopic (exact) mass is 265 g/mol. The van der Waals surface area contributed by atoms with E-state index >= 15 is 0 Å². The molecule has 3 nitrogen and oxygen atoms in total. The number of hydrogen-bond donors (Lipinski definition) is 2. The van der Waals surface area contributed by atoms with Gasteiger partial charge in [0.2, 0.25) is 5.92 Å². The van der Waals surface area contributed by atoms with E-state index in [-0.39, 0.29) is 12.8 Å². The van der Waals surface area contributed by atoms with Crippen LogP contribution in [0, 0.1) is 0 Å². The van der Waals surface area contributed by atoms with Crippen LogP contribution in [0.3, 0.4) is 0 Å². The van der Waals surface area contributed by atoms with Crippen molar-refractivity contribution in [3.8, 4) is 0 Å². The summed E-state index contributed by atoms with van der Waals surface area (Å²) in [6, 6.07) is 7.73. The number of rotatable bonds is 2. The van der Waals surface area contributed by atoms with Crippen molar-refractivity contribution in [2.75, 3.05) is 6.54 Å². The van der Waals surface area contributed by atoms with Crippen LogP contribution in [0.5, 0.6) is 0 Å². The van der Waals surface area contributed by atoms with Crippen LogP contribution in [-0.2, 0) is 5.41 Å². The lowest BCUT2D eigenvalue weighted by atomic mass is 9.70. The molecule has 0 amide bonds. The highest BCUT2D eigenvalue weighted by Crippen LogP contribution is 2.45. The number of H-pyrrole nitrogens is 1. The molecular formula is C14H17F2N3. The Bertz CT molecular complexity index is 581. The minimum Gasteiger partial charge on any atom is -0.330 e. The second-order valence-electron chi connectivity index (χ2n) is 5.46. The van der Waals surface area contributed by atoms with E-state index in [1.165, 1.54) is 0 Å². The second-order valence-corrected chi connectivity index (χ2v) is 5.46. The van der Waals surface area contributed by atoms with Gasteiger partial charge in [-0.15, -0.1) is 0 Å². The third-order valence-corrected chi connectivity index (χ3v) is 4.32. The molecule has 1 heterocycles. The Hall–Kier alpha value is -1.49. The van der Waals surface area contributed by atoms with Crippen molar-refractivity contribution < 1.29 is 8.78 Å². The van der Waals surface area contributed by atoms with Crippen LogP contribution < -0.4 is 5.73 Å². The Morgan fingerprint density at radius 1 is 1.16 bits per heavy atom. The lowest BCUT2D eigenvalue weighted by Gasteiger charge is -2.38. The summed E-state index contributed by atoms with van der Waals surface area (Å²) in [7, 11) is 0. The zero-order valence-corrected chi connectivity index (χ0v) is 10.6. The van der Waals surface area contributed by atoms with E-state index in [1.807, 2.05) is 24.3 Å². The standard InChI is InChI=1S/C14H17F2N3/c15-14(16)7-5-13(9-17,6-8-14)12-10-3-1-2-4-11(10)18-19-12/h1-4H,5-9,17H2,(H,18,19). The number of hydrogen-bond acceptors (Lipinski definition) is 2. The SMILES string of the molecule is NCC1(c2[nH]nc3ccccc23)CCC(F)(F)CC1. The maximum atomic E-state index is 13.4. The second kappa shape index (κ2) is 4.27. The molecule has 0 radical (unpaired) electrons. The molecule has 0 spiro atoms. The van der Waals surface area contributed by atoms with Crippen LogP contribution in [0.1, 0.15) is 31.4 Å². The number of para-hydroxylation sites is 1. The van der Waals surface area contributed by atoms with Gasteiger partial charge in [0.1, 0.15) is 0 Å². The molecule has 1 fully saturated rings. The molecule has 3 N–H and O–H groups in total. The molecule has 1 aliphatic rings. The number of nitrogens with one attached hydrogen (secondary N) is 1. The minimum atomic E-state index is -2.55. The molecule has 0 saturated heterocycles. The van der Waals surface area contributed by atoms with Gasteiger partial charge in [0.15, 0.2) is 0 Å². The van der Waals surface area contributed by atoms with Crippen LogP contribution in [0.4, 0.5) is 8.78 Å². The zero-order chi connectivity index (χ0) is 13.5. The lowest BCUT2D eigenvalue weighted by molar-refractivity contribution is -0.0512. The van der Waals surface area contributed by atoms with Gasteiger partial charge in [-0.05, 0) is 18.9 Å². The molecule has 102 valence electrons. The van der Waals surface area contributed by atoms with Gasteiger partial charge in [0.05, 0.1) is 11.2 Å². The molecule has 0 aliphatic heterocycles. The summed E-state index contributed by atoms with van der Waals surface area (Å²) in [5.74, 6) is -2.55. The van der Waals surface area contributed by atoms with E-state index in [0.717, 1.165) is 16.6 Å². The number of fused-ring (bicyclic) bond motifs is 1. The van der Waals surface area contributed by atoms with Gasteiger partial charge in [0, 0.05) is 30.2 Å². The van der Waals surface area contributed by atoms with E-state index in [2.05, 4.69) is 10.2 Å². The average molecular weight is 265 g/mol. The number of aromatic amines is 1. The molecule has 0 unspecified atom stereocenters. The fourth-order valence-corrected chi connectivity index (χ4v) is 3.01. The minimum absolute atomic E-state index is 0.0997. The number of nitrogens with zero attached hydrogens (tertiary/aromatic N) is 1. The van der Waals surface area contributed by atoms with E-state index in [1.54, 1.807) is 0 Å². The largest absolute Gasteiger partial charge is 0.330 e. The molecule has 19 heavy (non-hydrogen) atoms. The van der Waals surface area contributed by atoms with E-state index < -0.39 is 11.3 Å². The van der Waals surface area contributed by atoms with Crippen molar-refractivity contribution in [3.63, 3.8) is 0 Å². The third-order valence-electron chi connectivity index (χ3n) is 4.32. The van der Waals surface area contributed by atoms with Crippen molar-refractivity contribution in [2.45, 2.75) is 37.0 Å². The molecule has 5 heteroatoms. The highest BCUT2D eigenvalue weighted by Gasteiger charge is 2.45. The Morgan fingerprint density at radius 3 is 2.53 bits per heavy atom. The highest BCUT2D eigenvalue weighted by atomic mass is 19.3. The molecule has 0 atom stereocenters. The van der Waals surface area contributed by atoms with Crippen molar-refractivity contribution in [1.82, 2.24) is 10.2 Å².